The van der Waals surface area contributed by atoms with Crippen LogP contribution in [0.25, 0.3) is 16.7 Å². The molecule has 0 atom stereocenters. The van der Waals surface area contributed by atoms with Crippen molar-refractivity contribution in [1.82, 2.24) is 14.8 Å². The van der Waals surface area contributed by atoms with Crippen molar-refractivity contribution < 1.29 is 4.79 Å². The van der Waals surface area contributed by atoms with Crippen LogP contribution in [-0.2, 0) is 0 Å². The third-order valence-electron chi connectivity index (χ3n) is 3.96. The van der Waals surface area contributed by atoms with E-state index in [2.05, 4.69) is 15.4 Å². The molecule has 5 nitrogen and oxygen atoms in total. The molecule has 2 aromatic carbocycles. The Morgan fingerprint density at radius 2 is 1.88 bits per heavy atom. The highest BCUT2D eigenvalue weighted by molar-refractivity contribution is 6.31. The Morgan fingerprint density at radius 3 is 2.73 bits per heavy atom. The second-order valence-corrected chi connectivity index (χ2v) is 6.35. The van der Waals surface area contributed by atoms with Gasteiger partial charge in [-0.15, -0.1) is 0 Å². The lowest BCUT2D eigenvalue weighted by molar-refractivity contribution is 0.102. The fourth-order valence-electron chi connectivity index (χ4n) is 2.75. The largest absolute Gasteiger partial charge is 0.306 e. The van der Waals surface area contributed by atoms with Crippen LogP contribution in [0.1, 0.15) is 16.1 Å². The molecule has 6 heteroatoms. The summed E-state index contributed by atoms with van der Waals surface area (Å²) in [6, 6.07) is 20.3. The van der Waals surface area contributed by atoms with Crippen molar-refractivity contribution >= 4 is 34.2 Å². The van der Waals surface area contributed by atoms with Crippen molar-refractivity contribution in [2.75, 3.05) is 5.32 Å². The zero-order valence-corrected chi connectivity index (χ0v) is 14.7. The maximum absolute atomic E-state index is 12.5. The van der Waals surface area contributed by atoms with E-state index < -0.39 is 0 Å². The first-order chi connectivity index (χ1) is 12.6. The Morgan fingerprint density at radius 1 is 1.04 bits per heavy atom. The number of hydrogen-bond donors (Lipinski definition) is 1. The molecule has 0 aliphatic heterocycles. The number of fused-ring (bicyclic) bond motifs is 1. The van der Waals surface area contributed by atoms with Crippen LogP contribution in [0.5, 0.6) is 0 Å². The quantitative estimate of drug-likeness (QED) is 0.577. The van der Waals surface area contributed by atoms with Gasteiger partial charge in [0.2, 0.25) is 0 Å². The van der Waals surface area contributed by atoms with Gasteiger partial charge in [-0.1, -0.05) is 35.9 Å². The number of para-hydroxylation sites is 1. The second kappa shape index (κ2) is 6.61. The molecule has 128 valence electrons. The lowest BCUT2D eigenvalue weighted by atomic mass is 10.2. The highest BCUT2D eigenvalue weighted by Crippen LogP contribution is 2.20. The number of benzene rings is 2. The molecule has 0 radical (unpaired) electrons. The first kappa shape index (κ1) is 16.3. The molecule has 0 spiro atoms. The molecule has 4 aromatic rings. The van der Waals surface area contributed by atoms with Gasteiger partial charge in [0.25, 0.3) is 5.91 Å². The maximum Gasteiger partial charge on any atom is 0.256 e. The number of anilines is 1. The number of aryl methyl sites for hydroxylation is 1. The number of aromatic nitrogens is 3. The number of nitrogens with one attached hydrogen (secondary N) is 1. The molecule has 0 aliphatic rings. The van der Waals surface area contributed by atoms with E-state index in [1.165, 1.54) is 0 Å². The van der Waals surface area contributed by atoms with Crippen molar-refractivity contribution in [3.63, 3.8) is 0 Å². The summed E-state index contributed by atoms with van der Waals surface area (Å²) < 4.78 is 1.63. The van der Waals surface area contributed by atoms with Crippen molar-refractivity contribution in [3.05, 3.63) is 83.0 Å². The van der Waals surface area contributed by atoms with Crippen LogP contribution < -0.4 is 5.32 Å². The van der Waals surface area contributed by atoms with Crippen LogP contribution in [-0.4, -0.2) is 20.7 Å². The first-order valence-corrected chi connectivity index (χ1v) is 8.48. The van der Waals surface area contributed by atoms with Gasteiger partial charge in [0.1, 0.15) is 5.82 Å². The third kappa shape index (κ3) is 3.17. The van der Waals surface area contributed by atoms with Crippen LogP contribution in [0.3, 0.4) is 0 Å². The lowest BCUT2D eigenvalue weighted by Gasteiger charge is -2.09. The Bertz CT molecular complexity index is 1120. The number of carbonyl (C=O) groups is 1. The predicted molar refractivity (Wildman–Crippen MR) is 103 cm³/mol. The number of pyridine rings is 1. The standard InChI is InChI=1S/C20H15ClN4O/c1-13-11-19(23-20(26)15-6-4-7-16(21)12-15)25(24-13)18-10-9-14-5-2-3-8-17(14)22-18/h2-12H,1H3,(H,23,26). The topological polar surface area (TPSA) is 59.8 Å². The summed E-state index contributed by atoms with van der Waals surface area (Å²) in [5.41, 5.74) is 2.13. The van der Waals surface area contributed by atoms with E-state index in [1.54, 1.807) is 35.0 Å². The van der Waals surface area contributed by atoms with E-state index >= 15 is 0 Å². The van der Waals surface area contributed by atoms with Gasteiger partial charge in [-0.05, 0) is 43.3 Å². The predicted octanol–water partition coefficient (Wildman–Crippen LogP) is 4.63. The second-order valence-electron chi connectivity index (χ2n) is 5.91. The van der Waals surface area contributed by atoms with E-state index in [0.717, 1.165) is 16.6 Å². The van der Waals surface area contributed by atoms with Gasteiger partial charge in [-0.2, -0.15) is 9.78 Å². The van der Waals surface area contributed by atoms with Crippen molar-refractivity contribution in [2.45, 2.75) is 6.92 Å². The molecule has 1 N–H and O–H groups in total. The summed E-state index contributed by atoms with van der Waals surface area (Å²) >= 11 is 5.97. The SMILES string of the molecule is Cc1cc(NC(=O)c2cccc(Cl)c2)n(-c2ccc3ccccc3n2)n1. The van der Waals surface area contributed by atoms with Crippen molar-refractivity contribution in [3.8, 4) is 5.82 Å². The van der Waals surface area contributed by atoms with Gasteiger partial charge in [0, 0.05) is 22.0 Å². The fourth-order valence-corrected chi connectivity index (χ4v) is 2.94. The van der Waals surface area contributed by atoms with Crippen LogP contribution >= 0.6 is 11.6 Å². The smallest absolute Gasteiger partial charge is 0.256 e. The third-order valence-corrected chi connectivity index (χ3v) is 4.20. The zero-order chi connectivity index (χ0) is 18.1. The van der Waals surface area contributed by atoms with Gasteiger partial charge >= 0.3 is 0 Å². The number of rotatable bonds is 3. The zero-order valence-electron chi connectivity index (χ0n) is 14.0. The van der Waals surface area contributed by atoms with Gasteiger partial charge in [-0.25, -0.2) is 4.98 Å². The minimum Gasteiger partial charge on any atom is -0.306 e. The highest BCUT2D eigenvalue weighted by atomic mass is 35.5. The van der Waals surface area contributed by atoms with Gasteiger partial charge in [0.05, 0.1) is 11.2 Å². The molecular formula is C20H15ClN4O. The Kier molecular flexibility index (Phi) is 4.14. The number of amides is 1. The molecule has 0 saturated carbocycles. The number of carbonyl (C=O) groups excluding carboxylic acids is 1. The van der Waals surface area contributed by atoms with E-state index in [0.29, 0.717) is 22.2 Å². The molecule has 0 aliphatic carbocycles. The minimum absolute atomic E-state index is 0.255. The monoisotopic (exact) mass is 362 g/mol. The first-order valence-electron chi connectivity index (χ1n) is 8.10. The van der Waals surface area contributed by atoms with Crippen LogP contribution in [0, 0.1) is 6.92 Å². The fraction of sp³-hybridized carbons (Fsp3) is 0.0500. The molecule has 4 rings (SSSR count). The summed E-state index contributed by atoms with van der Waals surface area (Å²) in [7, 11) is 0. The Balaban J connectivity index is 1.71. The maximum atomic E-state index is 12.5. The van der Waals surface area contributed by atoms with Gasteiger partial charge < -0.3 is 5.32 Å². The van der Waals surface area contributed by atoms with Crippen LogP contribution in [0.15, 0.2) is 66.7 Å². The highest BCUT2D eigenvalue weighted by Gasteiger charge is 2.14. The normalized spacial score (nSPS) is 10.8. The molecule has 0 saturated heterocycles. The molecule has 1 amide bonds. The Hall–Kier alpha value is -3.18. The van der Waals surface area contributed by atoms with Gasteiger partial charge in [0.15, 0.2) is 5.82 Å². The van der Waals surface area contributed by atoms with Crippen molar-refractivity contribution in [2.24, 2.45) is 0 Å². The Labute approximate surface area is 155 Å². The van der Waals surface area contributed by atoms with E-state index in [9.17, 15) is 4.79 Å². The van der Waals surface area contributed by atoms with E-state index in [-0.39, 0.29) is 5.91 Å². The molecule has 2 aromatic heterocycles. The average molecular weight is 363 g/mol. The van der Waals surface area contributed by atoms with Gasteiger partial charge in [-0.3, -0.25) is 4.79 Å². The molecule has 0 unspecified atom stereocenters. The molecule has 0 fully saturated rings. The summed E-state index contributed by atoms with van der Waals surface area (Å²) in [5.74, 6) is 0.933. The molecule has 0 bridgehead atoms. The number of halogens is 1. The summed E-state index contributed by atoms with van der Waals surface area (Å²) in [6.45, 7) is 1.87. The number of nitrogens with zero attached hydrogens (tertiary/aromatic N) is 3. The summed E-state index contributed by atoms with van der Waals surface area (Å²) in [4.78, 5) is 17.2. The number of hydrogen-bond acceptors (Lipinski definition) is 3. The summed E-state index contributed by atoms with van der Waals surface area (Å²) in [5, 5.41) is 8.91. The van der Waals surface area contributed by atoms with E-state index in [1.807, 2.05) is 43.3 Å². The average Bonchev–Trinajstić information content (AvgIpc) is 3.01. The summed E-state index contributed by atoms with van der Waals surface area (Å²) in [6.07, 6.45) is 0. The van der Waals surface area contributed by atoms with Crippen molar-refractivity contribution in [1.29, 1.82) is 0 Å². The van der Waals surface area contributed by atoms with Crippen LogP contribution in [0.2, 0.25) is 5.02 Å². The minimum atomic E-state index is -0.255. The molecule has 2 heterocycles. The van der Waals surface area contributed by atoms with Crippen LogP contribution in [0.4, 0.5) is 5.82 Å². The molecule has 26 heavy (non-hydrogen) atoms. The molecular weight excluding hydrogens is 348 g/mol. The van der Waals surface area contributed by atoms with E-state index in [4.69, 9.17) is 11.6 Å². The lowest BCUT2D eigenvalue weighted by Crippen LogP contribution is -2.15.